The summed E-state index contributed by atoms with van der Waals surface area (Å²) in [4.78, 5) is 0. The average molecular weight is 289 g/mol. The monoisotopic (exact) mass is 288 g/mol. The first-order chi connectivity index (χ1) is 7.34. The minimum absolute atomic E-state index is 0. The molecular weight excluding hydrogens is 276 g/mol. The molecule has 0 saturated carbocycles. The van der Waals surface area contributed by atoms with E-state index in [1.807, 2.05) is 42.5 Å². The second-order valence-corrected chi connectivity index (χ2v) is 4.15. The fraction of sp³-hybridized carbons (Fsp3) is 0.0769. The van der Waals surface area contributed by atoms with Crippen LogP contribution in [0.1, 0.15) is 5.56 Å². The highest BCUT2D eigenvalue weighted by molar-refractivity contribution is 9.10. The molecule has 0 spiro atoms. The lowest BCUT2D eigenvalue weighted by Crippen LogP contribution is -1.94. The Hall–Kier alpha value is -0.514. The molecule has 0 amide bonds. The van der Waals surface area contributed by atoms with Crippen molar-refractivity contribution in [1.29, 1.82) is 0 Å². The lowest BCUT2D eigenvalue weighted by atomic mass is 10.2. The Morgan fingerprint density at radius 2 is 1.69 bits per heavy atom. The third-order valence-corrected chi connectivity index (χ3v) is 2.54. The van der Waals surface area contributed by atoms with E-state index >= 15 is 0 Å². The van der Waals surface area contributed by atoms with Crippen LogP contribution in [0.3, 0.4) is 0 Å². The van der Waals surface area contributed by atoms with E-state index in [0.29, 0.717) is 6.61 Å². The van der Waals surface area contributed by atoms with Gasteiger partial charge in [-0.1, -0.05) is 52.3 Å². The summed E-state index contributed by atoms with van der Waals surface area (Å²) < 4.78 is 6.68. The maximum atomic E-state index is 5.64. The smallest absolute Gasteiger partial charge is 0.316 e. The van der Waals surface area contributed by atoms with Crippen LogP contribution >= 0.6 is 15.9 Å². The molecule has 2 rings (SSSR count). The van der Waals surface area contributed by atoms with Gasteiger partial charge in [-0.25, -0.2) is 0 Å². The maximum absolute atomic E-state index is 5.64. The lowest BCUT2D eigenvalue weighted by molar-refractivity contribution is 0.306. The van der Waals surface area contributed by atoms with E-state index in [4.69, 9.17) is 4.74 Å². The van der Waals surface area contributed by atoms with E-state index in [1.165, 1.54) is 5.56 Å². The maximum Gasteiger partial charge on any atom is 0.316 e. The molecule has 0 fully saturated rings. The van der Waals surface area contributed by atoms with Crippen LogP contribution in [-0.2, 0) is 6.61 Å². The van der Waals surface area contributed by atoms with Crippen LogP contribution in [0.15, 0.2) is 59.1 Å². The Balaban J connectivity index is 0.00000128. The van der Waals surface area contributed by atoms with Gasteiger partial charge in [-0.3, -0.25) is 0 Å². The van der Waals surface area contributed by atoms with Crippen LogP contribution in [0, 0.1) is 0 Å². The van der Waals surface area contributed by atoms with Crippen molar-refractivity contribution in [2.75, 3.05) is 0 Å². The Kier molecular flexibility index (Phi) is 5.88. The molecule has 0 heterocycles. The van der Waals surface area contributed by atoms with E-state index < -0.39 is 0 Å². The molecule has 0 aliphatic carbocycles. The van der Waals surface area contributed by atoms with Gasteiger partial charge in [0, 0.05) is 4.47 Å². The van der Waals surface area contributed by atoms with Crippen molar-refractivity contribution >= 4 is 39.0 Å². The molecule has 80 valence electrons. The van der Waals surface area contributed by atoms with Crippen molar-refractivity contribution in [3.05, 3.63) is 64.6 Å². The van der Waals surface area contributed by atoms with Crippen LogP contribution < -0.4 is 4.74 Å². The fourth-order valence-electron chi connectivity index (χ4n) is 1.30. The Morgan fingerprint density at radius 1 is 0.938 bits per heavy atom. The zero-order valence-corrected chi connectivity index (χ0v) is 9.78. The first-order valence-electron chi connectivity index (χ1n) is 4.77. The van der Waals surface area contributed by atoms with Gasteiger partial charge < -0.3 is 4.74 Å². The van der Waals surface area contributed by atoms with Gasteiger partial charge in [-0.05, 0) is 23.8 Å². The fourth-order valence-corrected chi connectivity index (χ4v) is 1.68. The van der Waals surface area contributed by atoms with Gasteiger partial charge in [0.05, 0.1) is 0 Å². The van der Waals surface area contributed by atoms with Crippen molar-refractivity contribution in [2.45, 2.75) is 6.61 Å². The third kappa shape index (κ3) is 4.16. The molecule has 1 nitrogen and oxygen atoms in total. The van der Waals surface area contributed by atoms with Crippen molar-refractivity contribution < 1.29 is 4.74 Å². The van der Waals surface area contributed by atoms with E-state index in [0.717, 1.165) is 10.2 Å². The Morgan fingerprint density at radius 3 is 2.38 bits per heavy atom. The highest BCUT2D eigenvalue weighted by Gasteiger charge is 1.95. The highest BCUT2D eigenvalue weighted by Crippen LogP contribution is 2.18. The van der Waals surface area contributed by atoms with Crippen molar-refractivity contribution in [1.82, 2.24) is 0 Å². The number of hydrogen-bond donors (Lipinski definition) is 0. The normalized spacial score (nSPS) is 9.31. The summed E-state index contributed by atoms with van der Waals surface area (Å²) >= 11 is 3.41. The molecule has 0 atom stereocenters. The quantitative estimate of drug-likeness (QED) is 0.789. The van der Waals surface area contributed by atoms with Crippen molar-refractivity contribution in [2.24, 2.45) is 0 Å². The van der Waals surface area contributed by atoms with Crippen LogP contribution in [0.25, 0.3) is 0 Å². The van der Waals surface area contributed by atoms with E-state index in [1.54, 1.807) is 0 Å². The van der Waals surface area contributed by atoms with Crippen molar-refractivity contribution in [3.63, 3.8) is 0 Å². The molecule has 0 bridgehead atoms. The van der Waals surface area contributed by atoms with Gasteiger partial charge in [0.25, 0.3) is 0 Å². The summed E-state index contributed by atoms with van der Waals surface area (Å²) in [6.07, 6.45) is 0. The molecule has 0 aliphatic heterocycles. The summed E-state index contributed by atoms with van der Waals surface area (Å²) in [6, 6.07) is 18.0. The summed E-state index contributed by atoms with van der Waals surface area (Å²) in [5.74, 6) is 0.883. The number of benzene rings is 2. The molecule has 0 aromatic heterocycles. The van der Waals surface area contributed by atoms with E-state index in [9.17, 15) is 0 Å². The number of ether oxygens (including phenoxy) is 1. The minimum atomic E-state index is 0. The third-order valence-electron chi connectivity index (χ3n) is 2.04. The van der Waals surface area contributed by atoms with Gasteiger partial charge in [0.1, 0.15) is 12.4 Å². The minimum Gasteiger partial charge on any atom is -0.489 e. The van der Waals surface area contributed by atoms with Gasteiger partial charge in [0.2, 0.25) is 0 Å². The zero-order chi connectivity index (χ0) is 10.5. The molecule has 2 aromatic carbocycles. The first kappa shape index (κ1) is 13.6. The molecule has 0 radical (unpaired) electrons. The zero-order valence-electron chi connectivity index (χ0n) is 8.19. The van der Waals surface area contributed by atoms with Gasteiger partial charge in [-0.2, -0.15) is 0 Å². The number of rotatable bonds is 3. The molecule has 0 N–H and O–H groups in total. The largest absolute Gasteiger partial charge is 0.489 e. The van der Waals surface area contributed by atoms with E-state index in [-0.39, 0.29) is 23.1 Å². The standard InChI is InChI=1S/C13H11BrO.Mg.2H/c14-12-7-4-8-13(9-12)15-10-11-5-2-1-3-6-11;;;/h1-9H,10H2;;;. The molecule has 0 saturated heterocycles. The molecule has 2 aromatic rings. The summed E-state index contributed by atoms with van der Waals surface area (Å²) in [5.41, 5.74) is 1.18. The van der Waals surface area contributed by atoms with Crippen LogP contribution in [0.2, 0.25) is 0 Å². The second kappa shape index (κ2) is 6.94. The topological polar surface area (TPSA) is 9.23 Å². The van der Waals surface area contributed by atoms with Crippen LogP contribution in [0.4, 0.5) is 0 Å². The van der Waals surface area contributed by atoms with Gasteiger partial charge >= 0.3 is 23.1 Å². The second-order valence-electron chi connectivity index (χ2n) is 3.23. The van der Waals surface area contributed by atoms with Crippen LogP contribution in [0.5, 0.6) is 5.75 Å². The molecule has 16 heavy (non-hydrogen) atoms. The average Bonchev–Trinajstić information content (AvgIpc) is 2.28. The predicted octanol–water partition coefficient (Wildman–Crippen LogP) is 3.11. The SMILES string of the molecule is Brc1cccc(OCc2ccccc2)c1.[MgH2]. The lowest BCUT2D eigenvalue weighted by Gasteiger charge is -2.06. The summed E-state index contributed by atoms with van der Waals surface area (Å²) in [7, 11) is 0. The number of hydrogen-bond acceptors (Lipinski definition) is 1. The first-order valence-corrected chi connectivity index (χ1v) is 5.56. The van der Waals surface area contributed by atoms with Crippen LogP contribution in [-0.4, -0.2) is 23.1 Å². The predicted molar refractivity (Wildman–Crippen MR) is 73.5 cm³/mol. The van der Waals surface area contributed by atoms with E-state index in [2.05, 4.69) is 28.1 Å². The molecular formula is C13H13BrMgO. The summed E-state index contributed by atoms with van der Waals surface area (Å²) in [5, 5.41) is 0. The Bertz CT molecular complexity index is 431. The number of halogens is 1. The van der Waals surface area contributed by atoms with Gasteiger partial charge in [0.15, 0.2) is 0 Å². The summed E-state index contributed by atoms with van der Waals surface area (Å²) in [6.45, 7) is 0.608. The Labute approximate surface area is 120 Å². The molecule has 0 unspecified atom stereocenters. The van der Waals surface area contributed by atoms with Gasteiger partial charge in [-0.15, -0.1) is 0 Å². The highest BCUT2D eigenvalue weighted by atomic mass is 79.9. The molecule has 3 heteroatoms. The van der Waals surface area contributed by atoms with Crippen molar-refractivity contribution in [3.8, 4) is 5.75 Å². The molecule has 0 aliphatic rings.